The number of aryl methyl sites for hydroxylation is 1. The molecule has 0 radical (unpaired) electrons. The molecule has 2 nitrogen and oxygen atoms in total. The van der Waals surface area contributed by atoms with Crippen LogP contribution >= 0.6 is 11.6 Å². The summed E-state index contributed by atoms with van der Waals surface area (Å²) in [5, 5.41) is 4.17. The second kappa shape index (κ2) is 5.37. The van der Waals surface area contributed by atoms with E-state index >= 15 is 0 Å². The topological polar surface area (TPSA) is 29.1 Å². The molecule has 0 aliphatic carbocycles. The number of hydrogen-bond acceptors (Lipinski definition) is 2. The normalized spacial score (nSPS) is 18.8. The third kappa shape index (κ3) is 3.10. The average molecular weight is 250 g/mol. The van der Waals surface area contributed by atoms with Crippen molar-refractivity contribution in [3.63, 3.8) is 0 Å². The lowest BCUT2D eigenvalue weighted by molar-refractivity contribution is -0.114. The van der Waals surface area contributed by atoms with Gasteiger partial charge in [0.25, 0.3) is 0 Å². The third-order valence-electron chi connectivity index (χ3n) is 2.99. The fourth-order valence-corrected chi connectivity index (χ4v) is 2.38. The van der Waals surface area contributed by atoms with Gasteiger partial charge < -0.3 is 5.32 Å². The van der Waals surface area contributed by atoms with Crippen LogP contribution in [0.5, 0.6) is 0 Å². The minimum atomic E-state index is 0.183. The van der Waals surface area contributed by atoms with Gasteiger partial charge in [0, 0.05) is 23.2 Å². The van der Waals surface area contributed by atoms with Gasteiger partial charge in [-0.05, 0) is 49.6 Å². The van der Waals surface area contributed by atoms with E-state index in [1.807, 2.05) is 25.1 Å². The highest BCUT2D eigenvalue weighted by Crippen LogP contribution is 2.28. The van der Waals surface area contributed by atoms with Crippen molar-refractivity contribution in [3.05, 3.63) is 40.9 Å². The van der Waals surface area contributed by atoms with E-state index in [2.05, 4.69) is 5.32 Å². The maximum absolute atomic E-state index is 11.5. The van der Waals surface area contributed by atoms with Crippen LogP contribution in [-0.2, 0) is 11.2 Å². The van der Waals surface area contributed by atoms with Crippen LogP contribution in [0.25, 0.3) is 0 Å². The standard InChI is InChI=1S/C14H16ClNO/c1-2-3-13(17)9-12-6-4-10-8-11(15)5-7-14(10)16-12/h2-3,5,7-8,12,16H,4,6,9H2,1H3/b3-2+. The largest absolute Gasteiger partial charge is 0.382 e. The Labute approximate surface area is 107 Å². The van der Waals surface area contributed by atoms with E-state index in [9.17, 15) is 4.79 Å². The summed E-state index contributed by atoms with van der Waals surface area (Å²) in [5.41, 5.74) is 2.35. The van der Waals surface area contributed by atoms with Crippen molar-refractivity contribution in [1.29, 1.82) is 0 Å². The van der Waals surface area contributed by atoms with Gasteiger partial charge in [-0.25, -0.2) is 0 Å². The van der Waals surface area contributed by atoms with Crippen molar-refractivity contribution in [2.24, 2.45) is 0 Å². The van der Waals surface area contributed by atoms with Gasteiger partial charge in [0.05, 0.1) is 0 Å². The van der Waals surface area contributed by atoms with Gasteiger partial charge in [-0.1, -0.05) is 17.7 Å². The van der Waals surface area contributed by atoms with Crippen LogP contribution in [0, 0.1) is 0 Å². The number of halogens is 1. The Morgan fingerprint density at radius 3 is 3.18 bits per heavy atom. The third-order valence-corrected chi connectivity index (χ3v) is 3.22. The summed E-state index contributed by atoms with van der Waals surface area (Å²) in [5.74, 6) is 0.183. The highest BCUT2D eigenvalue weighted by atomic mass is 35.5. The Kier molecular flexibility index (Phi) is 3.85. The summed E-state index contributed by atoms with van der Waals surface area (Å²) in [4.78, 5) is 11.5. The molecule has 0 saturated heterocycles. The fourth-order valence-electron chi connectivity index (χ4n) is 2.18. The number of hydrogen-bond donors (Lipinski definition) is 1. The number of allylic oxidation sites excluding steroid dienone is 2. The SMILES string of the molecule is C/C=C/C(=O)CC1CCc2cc(Cl)ccc2N1. The molecule has 0 fully saturated rings. The number of rotatable bonds is 3. The van der Waals surface area contributed by atoms with Gasteiger partial charge in [-0.2, -0.15) is 0 Å². The van der Waals surface area contributed by atoms with Crippen molar-refractivity contribution in [1.82, 2.24) is 0 Å². The molecular weight excluding hydrogens is 234 g/mol. The average Bonchev–Trinajstić information content (AvgIpc) is 2.29. The van der Waals surface area contributed by atoms with Crippen LogP contribution in [0.4, 0.5) is 5.69 Å². The molecule has 1 aliphatic rings. The first-order chi connectivity index (χ1) is 8.19. The van der Waals surface area contributed by atoms with Gasteiger partial charge >= 0.3 is 0 Å². The van der Waals surface area contributed by atoms with E-state index in [1.165, 1.54) is 5.56 Å². The number of carbonyl (C=O) groups is 1. The molecule has 0 amide bonds. The van der Waals surface area contributed by atoms with E-state index < -0.39 is 0 Å². The first-order valence-electron chi connectivity index (χ1n) is 5.89. The maximum atomic E-state index is 11.5. The quantitative estimate of drug-likeness (QED) is 0.830. The summed E-state index contributed by atoms with van der Waals surface area (Å²) in [6.07, 6.45) is 5.96. The molecule has 1 aliphatic heterocycles. The van der Waals surface area contributed by atoms with E-state index in [0.717, 1.165) is 23.6 Å². The molecule has 3 heteroatoms. The summed E-state index contributed by atoms with van der Waals surface area (Å²) >= 11 is 5.95. The minimum Gasteiger partial charge on any atom is -0.382 e. The Hall–Kier alpha value is -1.28. The number of anilines is 1. The predicted octanol–water partition coefficient (Wildman–Crippen LogP) is 3.60. The van der Waals surface area contributed by atoms with Crippen LogP contribution in [0.2, 0.25) is 5.02 Å². The lowest BCUT2D eigenvalue weighted by Crippen LogP contribution is -2.27. The van der Waals surface area contributed by atoms with E-state index in [1.54, 1.807) is 12.2 Å². The second-order valence-electron chi connectivity index (χ2n) is 4.35. The van der Waals surface area contributed by atoms with Crippen LogP contribution < -0.4 is 5.32 Å². The molecule has 1 unspecified atom stereocenters. The summed E-state index contributed by atoms with van der Waals surface area (Å²) in [6, 6.07) is 6.11. The number of carbonyl (C=O) groups excluding carboxylic acids is 1. The van der Waals surface area contributed by atoms with Crippen molar-refractivity contribution in [3.8, 4) is 0 Å². The molecule has 0 saturated carbocycles. The number of benzene rings is 1. The molecule has 1 heterocycles. The second-order valence-corrected chi connectivity index (χ2v) is 4.79. The molecule has 0 aromatic heterocycles. The van der Waals surface area contributed by atoms with E-state index in [-0.39, 0.29) is 11.8 Å². The van der Waals surface area contributed by atoms with E-state index in [0.29, 0.717) is 6.42 Å². The molecule has 17 heavy (non-hydrogen) atoms. The Morgan fingerprint density at radius 1 is 1.59 bits per heavy atom. The molecule has 1 aromatic carbocycles. The van der Waals surface area contributed by atoms with Crippen molar-refractivity contribution < 1.29 is 4.79 Å². The van der Waals surface area contributed by atoms with Crippen LogP contribution in [-0.4, -0.2) is 11.8 Å². The molecule has 0 bridgehead atoms. The summed E-state index contributed by atoms with van der Waals surface area (Å²) in [7, 11) is 0. The zero-order chi connectivity index (χ0) is 12.3. The van der Waals surface area contributed by atoms with Gasteiger partial charge in [0.1, 0.15) is 0 Å². The first kappa shape index (κ1) is 12.2. The molecule has 1 atom stereocenters. The minimum absolute atomic E-state index is 0.183. The molecular formula is C14H16ClNO. The molecule has 1 N–H and O–H groups in total. The predicted molar refractivity (Wildman–Crippen MR) is 71.6 cm³/mol. The van der Waals surface area contributed by atoms with Gasteiger partial charge in [0.2, 0.25) is 0 Å². The number of ketones is 1. The van der Waals surface area contributed by atoms with Crippen LogP contribution in [0.3, 0.4) is 0 Å². The highest BCUT2D eigenvalue weighted by molar-refractivity contribution is 6.30. The maximum Gasteiger partial charge on any atom is 0.157 e. The summed E-state index contributed by atoms with van der Waals surface area (Å²) in [6.45, 7) is 1.86. The smallest absolute Gasteiger partial charge is 0.157 e. The van der Waals surface area contributed by atoms with Crippen molar-refractivity contribution >= 4 is 23.1 Å². The van der Waals surface area contributed by atoms with Crippen molar-refractivity contribution in [2.75, 3.05) is 5.32 Å². The Balaban J connectivity index is 2.04. The first-order valence-corrected chi connectivity index (χ1v) is 6.27. The van der Waals surface area contributed by atoms with E-state index in [4.69, 9.17) is 11.6 Å². The number of fused-ring (bicyclic) bond motifs is 1. The van der Waals surface area contributed by atoms with Crippen LogP contribution in [0.15, 0.2) is 30.4 Å². The lowest BCUT2D eigenvalue weighted by Gasteiger charge is -2.26. The Morgan fingerprint density at radius 2 is 2.41 bits per heavy atom. The van der Waals surface area contributed by atoms with Crippen molar-refractivity contribution in [2.45, 2.75) is 32.2 Å². The number of nitrogens with one attached hydrogen (secondary N) is 1. The molecule has 90 valence electrons. The summed E-state index contributed by atoms with van der Waals surface area (Å²) < 4.78 is 0. The monoisotopic (exact) mass is 249 g/mol. The highest BCUT2D eigenvalue weighted by Gasteiger charge is 2.19. The zero-order valence-corrected chi connectivity index (χ0v) is 10.6. The Bertz CT molecular complexity index is 454. The van der Waals surface area contributed by atoms with Crippen LogP contribution in [0.1, 0.15) is 25.3 Å². The van der Waals surface area contributed by atoms with Gasteiger partial charge in [0.15, 0.2) is 5.78 Å². The van der Waals surface area contributed by atoms with Gasteiger partial charge in [-0.3, -0.25) is 4.79 Å². The fraction of sp³-hybridized carbons (Fsp3) is 0.357. The van der Waals surface area contributed by atoms with Gasteiger partial charge in [-0.15, -0.1) is 0 Å². The molecule has 1 aromatic rings. The lowest BCUT2D eigenvalue weighted by atomic mass is 9.95. The zero-order valence-electron chi connectivity index (χ0n) is 9.87. The molecule has 2 rings (SSSR count). The molecule has 0 spiro atoms.